The molecule has 4 nitrogen and oxygen atoms in total. The molecule has 12 heavy (non-hydrogen) atoms. The average molecular weight is 170 g/mol. The van der Waals surface area contributed by atoms with Crippen molar-refractivity contribution < 1.29 is 14.6 Å². The van der Waals surface area contributed by atoms with Crippen LogP contribution >= 0.6 is 0 Å². The van der Waals surface area contributed by atoms with Crippen LogP contribution < -0.4 is 5.43 Å². The zero-order valence-corrected chi connectivity index (χ0v) is 6.65. The quantitative estimate of drug-likeness (QED) is 0.664. The summed E-state index contributed by atoms with van der Waals surface area (Å²) in [6, 6.07) is 1.18. The van der Waals surface area contributed by atoms with E-state index in [1.54, 1.807) is 0 Å². The van der Waals surface area contributed by atoms with E-state index < -0.39 is 6.10 Å². The highest BCUT2D eigenvalue weighted by Crippen LogP contribution is 2.09. The van der Waals surface area contributed by atoms with E-state index in [1.807, 2.05) is 0 Å². The molecule has 0 saturated carbocycles. The van der Waals surface area contributed by atoms with Crippen molar-refractivity contribution in [2.45, 2.75) is 19.6 Å². The van der Waals surface area contributed by atoms with Gasteiger partial charge in [0.2, 0.25) is 0 Å². The van der Waals surface area contributed by atoms with Gasteiger partial charge in [-0.15, -0.1) is 0 Å². The monoisotopic (exact) mass is 170 g/mol. The van der Waals surface area contributed by atoms with Crippen LogP contribution in [0.5, 0.6) is 0 Å². The highest BCUT2D eigenvalue weighted by atomic mass is 16.4. The molecule has 2 N–H and O–H groups in total. The Morgan fingerprint density at radius 3 is 2.75 bits per heavy atom. The third-order valence-electron chi connectivity index (χ3n) is 1.51. The van der Waals surface area contributed by atoms with E-state index in [0.717, 1.165) is 6.26 Å². The molecule has 1 aromatic heterocycles. The summed E-state index contributed by atoms with van der Waals surface area (Å²) < 4.78 is 4.88. The Hall–Kier alpha value is -1.13. The Morgan fingerprint density at radius 2 is 2.33 bits per heavy atom. The Balaban J connectivity index is 3.11. The molecule has 1 atom stereocenters. The summed E-state index contributed by atoms with van der Waals surface area (Å²) in [5, 5.41) is 17.6. The molecular formula is C8H10O4. The van der Waals surface area contributed by atoms with Crippen LogP contribution in [0.1, 0.15) is 24.4 Å². The van der Waals surface area contributed by atoms with Gasteiger partial charge in [-0.05, 0) is 6.92 Å². The van der Waals surface area contributed by atoms with Crippen molar-refractivity contribution in [3.8, 4) is 0 Å². The average Bonchev–Trinajstić information content (AvgIpc) is 2.04. The summed E-state index contributed by atoms with van der Waals surface area (Å²) in [6.45, 7) is 1.15. The zero-order chi connectivity index (χ0) is 9.14. The van der Waals surface area contributed by atoms with Crippen LogP contribution in [0.25, 0.3) is 0 Å². The Morgan fingerprint density at radius 1 is 1.67 bits per heavy atom. The second kappa shape index (κ2) is 3.51. The molecule has 0 bridgehead atoms. The summed E-state index contributed by atoms with van der Waals surface area (Å²) in [5.74, 6) is 0.206. The first-order chi connectivity index (χ1) is 5.65. The van der Waals surface area contributed by atoms with Gasteiger partial charge in [0.15, 0.2) is 5.43 Å². The third kappa shape index (κ3) is 1.72. The van der Waals surface area contributed by atoms with Crippen molar-refractivity contribution >= 4 is 0 Å². The maximum absolute atomic E-state index is 11.0. The van der Waals surface area contributed by atoms with E-state index >= 15 is 0 Å². The molecule has 1 unspecified atom stereocenters. The Kier molecular flexibility index (Phi) is 2.62. The fourth-order valence-electron chi connectivity index (χ4n) is 0.787. The second-order valence-electron chi connectivity index (χ2n) is 2.51. The smallest absolute Gasteiger partial charge is 0.190 e. The van der Waals surface area contributed by atoms with Crippen LogP contribution in [0.3, 0.4) is 0 Å². The molecular weight excluding hydrogens is 160 g/mol. The number of hydrogen-bond acceptors (Lipinski definition) is 4. The van der Waals surface area contributed by atoms with Crippen LogP contribution in [0, 0.1) is 0 Å². The summed E-state index contributed by atoms with van der Waals surface area (Å²) in [6.07, 6.45) is 0.357. The van der Waals surface area contributed by atoms with Gasteiger partial charge in [0, 0.05) is 6.07 Å². The van der Waals surface area contributed by atoms with Crippen molar-refractivity contribution in [3.05, 3.63) is 33.9 Å². The van der Waals surface area contributed by atoms with Crippen molar-refractivity contribution in [1.29, 1.82) is 0 Å². The highest BCUT2D eigenvalue weighted by Gasteiger charge is 2.06. The number of rotatable bonds is 2. The van der Waals surface area contributed by atoms with Crippen LogP contribution in [0.2, 0.25) is 0 Å². The van der Waals surface area contributed by atoms with E-state index in [2.05, 4.69) is 0 Å². The summed E-state index contributed by atoms with van der Waals surface area (Å²) in [5.41, 5.74) is -0.126. The molecule has 66 valence electrons. The van der Waals surface area contributed by atoms with E-state index in [-0.39, 0.29) is 23.4 Å². The normalized spacial score (nSPS) is 12.9. The number of aliphatic hydroxyl groups is 2. The molecule has 0 aromatic carbocycles. The minimum absolute atomic E-state index is 0.194. The van der Waals surface area contributed by atoms with Crippen LogP contribution in [0.15, 0.2) is 21.5 Å². The van der Waals surface area contributed by atoms with E-state index in [9.17, 15) is 4.79 Å². The van der Waals surface area contributed by atoms with Gasteiger partial charge in [0.05, 0.1) is 12.2 Å². The van der Waals surface area contributed by atoms with Gasteiger partial charge in [0.1, 0.15) is 18.1 Å². The maximum atomic E-state index is 11.0. The number of aliphatic hydroxyl groups excluding tert-OH is 2. The van der Waals surface area contributed by atoms with Gasteiger partial charge in [0.25, 0.3) is 0 Å². The highest BCUT2D eigenvalue weighted by molar-refractivity contribution is 5.11. The molecule has 0 saturated heterocycles. The van der Waals surface area contributed by atoms with Crippen LogP contribution in [-0.4, -0.2) is 10.2 Å². The van der Waals surface area contributed by atoms with E-state index in [4.69, 9.17) is 14.6 Å². The molecule has 1 heterocycles. The number of hydrogen-bond donors (Lipinski definition) is 2. The van der Waals surface area contributed by atoms with Gasteiger partial charge in [-0.1, -0.05) is 0 Å². The van der Waals surface area contributed by atoms with Crippen LogP contribution in [0.4, 0.5) is 0 Å². The predicted molar refractivity (Wildman–Crippen MR) is 41.5 cm³/mol. The Bertz CT molecular complexity index is 313. The SMILES string of the molecule is CC(O)c1cc(=O)c(CO)co1. The molecule has 0 aliphatic heterocycles. The lowest BCUT2D eigenvalue weighted by Crippen LogP contribution is -2.09. The third-order valence-corrected chi connectivity index (χ3v) is 1.51. The first kappa shape index (κ1) is 8.96. The van der Waals surface area contributed by atoms with Crippen LogP contribution in [-0.2, 0) is 6.61 Å². The lowest BCUT2D eigenvalue weighted by Gasteiger charge is -2.02. The molecule has 0 aliphatic carbocycles. The van der Waals surface area contributed by atoms with Crippen molar-refractivity contribution in [2.75, 3.05) is 0 Å². The lowest BCUT2D eigenvalue weighted by molar-refractivity contribution is 0.165. The van der Waals surface area contributed by atoms with Crippen molar-refractivity contribution in [2.24, 2.45) is 0 Å². The molecule has 1 rings (SSSR count). The predicted octanol–water partition coefficient (Wildman–Crippen LogP) is 0.185. The first-order valence-electron chi connectivity index (χ1n) is 3.55. The zero-order valence-electron chi connectivity index (χ0n) is 6.65. The standard InChI is InChI=1S/C8H10O4/c1-5(10)8-2-7(11)6(3-9)4-12-8/h2,4-5,9-10H,3H2,1H3. The molecule has 0 radical (unpaired) electrons. The summed E-state index contributed by atoms with van der Waals surface area (Å²) in [7, 11) is 0. The molecule has 0 spiro atoms. The minimum Gasteiger partial charge on any atom is -0.466 e. The van der Waals surface area contributed by atoms with Gasteiger partial charge in [-0.3, -0.25) is 4.79 Å². The second-order valence-corrected chi connectivity index (χ2v) is 2.51. The Labute approximate surface area is 69.1 Å². The van der Waals surface area contributed by atoms with Gasteiger partial charge >= 0.3 is 0 Å². The van der Waals surface area contributed by atoms with Gasteiger partial charge in [-0.25, -0.2) is 0 Å². The fourth-order valence-corrected chi connectivity index (χ4v) is 0.787. The molecule has 1 aromatic rings. The first-order valence-corrected chi connectivity index (χ1v) is 3.55. The van der Waals surface area contributed by atoms with Crippen molar-refractivity contribution in [3.63, 3.8) is 0 Å². The van der Waals surface area contributed by atoms with Crippen molar-refractivity contribution in [1.82, 2.24) is 0 Å². The minimum atomic E-state index is -0.801. The lowest BCUT2D eigenvalue weighted by atomic mass is 10.2. The van der Waals surface area contributed by atoms with Gasteiger partial charge in [-0.2, -0.15) is 0 Å². The van der Waals surface area contributed by atoms with E-state index in [1.165, 1.54) is 13.0 Å². The van der Waals surface area contributed by atoms with E-state index in [0.29, 0.717) is 0 Å². The molecule has 0 amide bonds. The summed E-state index contributed by atoms with van der Waals surface area (Å²) >= 11 is 0. The molecule has 0 fully saturated rings. The fraction of sp³-hybridized carbons (Fsp3) is 0.375. The topological polar surface area (TPSA) is 70.7 Å². The molecule has 4 heteroatoms. The maximum Gasteiger partial charge on any atom is 0.190 e. The largest absolute Gasteiger partial charge is 0.466 e. The molecule has 0 aliphatic rings. The van der Waals surface area contributed by atoms with Gasteiger partial charge < -0.3 is 14.6 Å². The summed E-state index contributed by atoms with van der Waals surface area (Å²) in [4.78, 5) is 11.0.